The molecule has 33 heavy (non-hydrogen) atoms. The first-order chi connectivity index (χ1) is 15.9. The average Bonchev–Trinajstić information content (AvgIpc) is 3.55. The molecule has 1 unspecified atom stereocenters. The highest BCUT2D eigenvalue weighted by atomic mass is 16.5. The maximum absolute atomic E-state index is 12.9. The van der Waals surface area contributed by atoms with E-state index in [1.165, 1.54) is 0 Å². The van der Waals surface area contributed by atoms with Gasteiger partial charge in [-0.05, 0) is 56.7 Å². The lowest BCUT2D eigenvalue weighted by atomic mass is 9.87. The highest BCUT2D eigenvalue weighted by molar-refractivity contribution is 6.07. The number of piperazine rings is 1. The summed E-state index contributed by atoms with van der Waals surface area (Å²) < 4.78 is 5.32. The summed E-state index contributed by atoms with van der Waals surface area (Å²) in [5.74, 6) is 0.689. The summed E-state index contributed by atoms with van der Waals surface area (Å²) in [5.41, 5.74) is 3.17. The Morgan fingerprint density at radius 1 is 1.18 bits per heavy atom. The fourth-order valence-electron chi connectivity index (χ4n) is 5.18. The lowest BCUT2D eigenvalue weighted by Gasteiger charge is -2.37. The van der Waals surface area contributed by atoms with Crippen LogP contribution in [-0.4, -0.2) is 59.6 Å². The highest BCUT2D eigenvalue weighted by Crippen LogP contribution is 2.43. The van der Waals surface area contributed by atoms with E-state index < -0.39 is 11.6 Å². The van der Waals surface area contributed by atoms with Gasteiger partial charge in [0, 0.05) is 43.9 Å². The Hall–Kier alpha value is -3.36. The fraction of sp³-hybridized carbons (Fsp3) is 0.500. The van der Waals surface area contributed by atoms with Gasteiger partial charge in [0.1, 0.15) is 11.3 Å². The Labute approximate surface area is 192 Å². The molecule has 3 aliphatic rings. The number of urea groups is 1. The van der Waals surface area contributed by atoms with E-state index in [4.69, 9.17) is 4.52 Å². The van der Waals surface area contributed by atoms with Crippen molar-refractivity contribution in [2.24, 2.45) is 5.92 Å². The van der Waals surface area contributed by atoms with Crippen molar-refractivity contribution < 1.29 is 18.9 Å². The van der Waals surface area contributed by atoms with E-state index >= 15 is 0 Å². The van der Waals surface area contributed by atoms with E-state index in [-0.39, 0.29) is 24.2 Å². The van der Waals surface area contributed by atoms with Gasteiger partial charge >= 0.3 is 6.03 Å². The summed E-state index contributed by atoms with van der Waals surface area (Å²) in [6, 6.07) is 7.87. The SMILES string of the molecule is Cc1noc(C)c1-c1cccc(N2CCN(C(=O)CCC3(C4CC4)NC(=O)NC3=O)CC2)c1. The molecule has 174 valence electrons. The van der Waals surface area contributed by atoms with Crippen molar-refractivity contribution in [2.75, 3.05) is 31.1 Å². The van der Waals surface area contributed by atoms with E-state index in [2.05, 4.69) is 38.9 Å². The Morgan fingerprint density at radius 3 is 2.55 bits per heavy atom. The van der Waals surface area contributed by atoms with Crippen LogP contribution in [0.25, 0.3) is 11.1 Å². The molecule has 2 saturated heterocycles. The molecular weight excluding hydrogens is 422 g/mol. The molecule has 1 aromatic carbocycles. The predicted octanol–water partition coefficient (Wildman–Crippen LogP) is 2.38. The molecule has 0 bridgehead atoms. The van der Waals surface area contributed by atoms with Crippen LogP contribution in [0.5, 0.6) is 0 Å². The molecule has 1 aliphatic carbocycles. The van der Waals surface area contributed by atoms with Gasteiger partial charge in [0.25, 0.3) is 5.91 Å². The first-order valence-corrected chi connectivity index (χ1v) is 11.6. The van der Waals surface area contributed by atoms with Gasteiger partial charge in [-0.2, -0.15) is 0 Å². The molecular formula is C24H29N5O4. The minimum absolute atomic E-state index is 0.0353. The molecule has 0 radical (unpaired) electrons. The number of carbonyl (C=O) groups excluding carboxylic acids is 3. The summed E-state index contributed by atoms with van der Waals surface area (Å²) in [5, 5.41) is 9.21. The van der Waals surface area contributed by atoms with Crippen LogP contribution in [0.3, 0.4) is 0 Å². The normalized spacial score (nSPS) is 23.0. The highest BCUT2D eigenvalue weighted by Gasteiger charge is 2.55. The summed E-state index contributed by atoms with van der Waals surface area (Å²) in [6.07, 6.45) is 2.43. The van der Waals surface area contributed by atoms with Crippen LogP contribution < -0.4 is 15.5 Å². The second-order valence-electron chi connectivity index (χ2n) is 9.27. The summed E-state index contributed by atoms with van der Waals surface area (Å²) in [7, 11) is 0. The maximum Gasteiger partial charge on any atom is 0.322 e. The molecule has 1 atom stereocenters. The molecule has 2 aliphatic heterocycles. The molecule has 2 N–H and O–H groups in total. The monoisotopic (exact) mass is 451 g/mol. The van der Waals surface area contributed by atoms with Crippen LogP contribution in [0, 0.1) is 19.8 Å². The lowest BCUT2D eigenvalue weighted by molar-refractivity contribution is -0.132. The van der Waals surface area contributed by atoms with Crippen molar-refractivity contribution in [2.45, 2.75) is 45.1 Å². The second kappa shape index (κ2) is 8.20. The van der Waals surface area contributed by atoms with Crippen LogP contribution in [0.2, 0.25) is 0 Å². The molecule has 5 rings (SSSR count). The molecule has 1 aromatic heterocycles. The number of amides is 4. The Morgan fingerprint density at radius 2 is 1.94 bits per heavy atom. The third kappa shape index (κ3) is 3.96. The number of rotatable bonds is 6. The number of imide groups is 1. The van der Waals surface area contributed by atoms with Gasteiger partial charge in [0.15, 0.2) is 0 Å². The minimum Gasteiger partial charge on any atom is -0.368 e. The number of nitrogens with zero attached hydrogens (tertiary/aromatic N) is 3. The van der Waals surface area contributed by atoms with Crippen LogP contribution in [-0.2, 0) is 9.59 Å². The van der Waals surface area contributed by atoms with Crippen LogP contribution in [0.4, 0.5) is 10.5 Å². The second-order valence-corrected chi connectivity index (χ2v) is 9.27. The van der Waals surface area contributed by atoms with E-state index in [1.54, 1.807) is 0 Å². The number of aromatic nitrogens is 1. The Kier molecular flexibility index (Phi) is 5.34. The van der Waals surface area contributed by atoms with Gasteiger partial charge in [0.2, 0.25) is 5.91 Å². The molecule has 9 heteroatoms. The van der Waals surface area contributed by atoms with Gasteiger partial charge in [-0.3, -0.25) is 14.9 Å². The molecule has 3 fully saturated rings. The zero-order chi connectivity index (χ0) is 23.2. The Bertz CT molecular complexity index is 1080. The third-order valence-corrected chi connectivity index (χ3v) is 7.14. The largest absolute Gasteiger partial charge is 0.368 e. The molecule has 1 saturated carbocycles. The number of hydrogen-bond acceptors (Lipinski definition) is 6. The van der Waals surface area contributed by atoms with Gasteiger partial charge in [0.05, 0.1) is 5.69 Å². The predicted molar refractivity (Wildman–Crippen MR) is 122 cm³/mol. The van der Waals surface area contributed by atoms with E-state index in [0.29, 0.717) is 19.5 Å². The van der Waals surface area contributed by atoms with E-state index in [0.717, 1.165) is 54.2 Å². The summed E-state index contributed by atoms with van der Waals surface area (Å²) in [6.45, 7) is 6.59. The number of hydrogen-bond donors (Lipinski definition) is 2. The first kappa shape index (κ1) is 21.5. The number of nitrogens with one attached hydrogen (secondary N) is 2. The van der Waals surface area contributed by atoms with Gasteiger partial charge in [-0.1, -0.05) is 17.3 Å². The van der Waals surface area contributed by atoms with Crippen LogP contribution >= 0.6 is 0 Å². The van der Waals surface area contributed by atoms with Crippen LogP contribution in [0.15, 0.2) is 28.8 Å². The van der Waals surface area contributed by atoms with Crippen molar-refractivity contribution in [3.63, 3.8) is 0 Å². The molecule has 4 amide bonds. The number of anilines is 1. The van der Waals surface area contributed by atoms with E-state index in [1.807, 2.05) is 24.8 Å². The topological polar surface area (TPSA) is 108 Å². The van der Waals surface area contributed by atoms with Crippen molar-refractivity contribution in [3.05, 3.63) is 35.7 Å². The Balaban J connectivity index is 1.19. The van der Waals surface area contributed by atoms with Gasteiger partial charge in [-0.15, -0.1) is 0 Å². The molecule has 0 spiro atoms. The van der Waals surface area contributed by atoms with Crippen molar-refractivity contribution >= 4 is 23.5 Å². The zero-order valence-corrected chi connectivity index (χ0v) is 19.0. The molecule has 3 heterocycles. The summed E-state index contributed by atoms with van der Waals surface area (Å²) >= 11 is 0. The standard InChI is InChI=1S/C24H29N5O4/c1-15-21(16(2)33-27-15)17-4-3-5-19(14-17)28-10-12-29(13-11-28)20(30)8-9-24(18-6-7-18)22(31)25-23(32)26-24/h3-5,14,18H,6-13H2,1-2H3,(H2,25,26,31,32). The molecule has 9 nitrogen and oxygen atoms in total. The number of carbonyl (C=O) groups is 3. The third-order valence-electron chi connectivity index (χ3n) is 7.14. The smallest absolute Gasteiger partial charge is 0.322 e. The lowest BCUT2D eigenvalue weighted by Crippen LogP contribution is -2.51. The van der Waals surface area contributed by atoms with E-state index in [9.17, 15) is 14.4 Å². The first-order valence-electron chi connectivity index (χ1n) is 11.6. The maximum atomic E-state index is 12.9. The average molecular weight is 452 g/mol. The minimum atomic E-state index is -0.910. The van der Waals surface area contributed by atoms with Crippen LogP contribution in [0.1, 0.15) is 37.1 Å². The van der Waals surface area contributed by atoms with Crippen molar-refractivity contribution in [3.8, 4) is 11.1 Å². The van der Waals surface area contributed by atoms with Gasteiger partial charge in [-0.25, -0.2) is 4.79 Å². The fourth-order valence-corrected chi connectivity index (χ4v) is 5.18. The van der Waals surface area contributed by atoms with Crippen molar-refractivity contribution in [1.29, 1.82) is 0 Å². The number of benzene rings is 1. The number of aryl methyl sites for hydroxylation is 2. The van der Waals surface area contributed by atoms with Crippen molar-refractivity contribution in [1.82, 2.24) is 20.7 Å². The molecule has 2 aromatic rings. The van der Waals surface area contributed by atoms with Gasteiger partial charge < -0.3 is 19.6 Å². The zero-order valence-electron chi connectivity index (χ0n) is 19.0. The quantitative estimate of drug-likeness (QED) is 0.653. The summed E-state index contributed by atoms with van der Waals surface area (Å²) in [4.78, 5) is 41.1.